The maximum Gasteiger partial charge on any atom is 1.00 e. The van der Waals surface area contributed by atoms with Crippen LogP contribution in [0.5, 0.6) is 0 Å². The molecule has 0 radical (unpaired) electrons. The van der Waals surface area contributed by atoms with Crippen LogP contribution in [-0.4, -0.2) is 64.8 Å². The molecule has 14 heteroatoms. The minimum atomic E-state index is -2.43. The number of hydrogen-bond acceptors (Lipinski definition) is 10. The third kappa shape index (κ3) is 4.08. The van der Waals surface area contributed by atoms with E-state index in [4.69, 9.17) is 14.3 Å². The molecule has 0 aliphatic carbocycles. The molecule has 0 aromatic rings. The van der Waals surface area contributed by atoms with Gasteiger partial charge in [0.1, 0.15) is 18.6 Å². The molecule has 0 aromatic heterocycles. The van der Waals surface area contributed by atoms with Gasteiger partial charge in [-0.3, -0.25) is 28.8 Å². The van der Waals surface area contributed by atoms with Gasteiger partial charge in [-0.05, 0) is 0 Å². The molecular formula is C15H16N3NaO10. The second kappa shape index (κ2) is 8.26. The fourth-order valence-corrected chi connectivity index (χ4v) is 3.18. The van der Waals surface area contributed by atoms with Crippen molar-refractivity contribution in [3.8, 4) is 0 Å². The van der Waals surface area contributed by atoms with Gasteiger partial charge >= 0.3 is 41.5 Å². The van der Waals surface area contributed by atoms with Crippen LogP contribution in [0.4, 0.5) is 0 Å². The predicted octanol–water partition coefficient (Wildman–Crippen LogP) is -6.80. The van der Waals surface area contributed by atoms with Crippen molar-refractivity contribution in [3.05, 3.63) is 0 Å². The Balaban J connectivity index is 0.00000300. The maximum absolute atomic E-state index is 12.6. The van der Waals surface area contributed by atoms with Gasteiger partial charge in [0.15, 0.2) is 0 Å². The summed E-state index contributed by atoms with van der Waals surface area (Å²) in [6.45, 7) is 0.645. The summed E-state index contributed by atoms with van der Waals surface area (Å²) in [5.74, 6) is -6.05. The number of carboxylic acid groups (broad SMARTS) is 1. The van der Waals surface area contributed by atoms with Crippen molar-refractivity contribution in [1.82, 2.24) is 15.7 Å². The molecule has 3 fully saturated rings. The monoisotopic (exact) mass is 421 g/mol. The van der Waals surface area contributed by atoms with Crippen LogP contribution in [0.3, 0.4) is 0 Å². The van der Waals surface area contributed by atoms with Gasteiger partial charge in [0.2, 0.25) is 5.91 Å². The van der Waals surface area contributed by atoms with E-state index in [9.17, 15) is 33.9 Å². The Morgan fingerprint density at radius 2 is 1.72 bits per heavy atom. The Morgan fingerprint density at radius 1 is 1.10 bits per heavy atom. The third-order valence-electron chi connectivity index (χ3n) is 4.49. The molecule has 0 bridgehead atoms. The van der Waals surface area contributed by atoms with E-state index in [-0.39, 0.29) is 55.2 Å². The molecule has 3 amide bonds. The van der Waals surface area contributed by atoms with E-state index in [0.29, 0.717) is 5.06 Å². The van der Waals surface area contributed by atoms with E-state index in [1.54, 1.807) is 0 Å². The molecule has 3 atom stereocenters. The molecule has 13 nitrogen and oxygen atoms in total. The van der Waals surface area contributed by atoms with Crippen LogP contribution >= 0.6 is 0 Å². The summed E-state index contributed by atoms with van der Waals surface area (Å²) in [5.41, 5.74) is -4.41. The second-order valence-corrected chi connectivity index (χ2v) is 6.48. The van der Waals surface area contributed by atoms with Crippen LogP contribution < -0.4 is 45.3 Å². The SMILES string of the molecule is CC(=O)NC1(C(=O)N[C@H]2CON(C3(C(=O)[O-])CCC(=O)O3)C2=O)CCC(=O)O1.[Na+]. The van der Waals surface area contributed by atoms with Gasteiger partial charge in [0, 0.05) is 19.8 Å². The fraction of sp³-hybridized carbons (Fsp3) is 0.600. The number of aliphatic carboxylic acids is 1. The average molecular weight is 421 g/mol. The number of rotatable bonds is 5. The van der Waals surface area contributed by atoms with Crippen LogP contribution in [0.15, 0.2) is 0 Å². The number of esters is 2. The molecule has 29 heavy (non-hydrogen) atoms. The van der Waals surface area contributed by atoms with Crippen molar-refractivity contribution in [2.45, 2.75) is 50.1 Å². The molecule has 3 aliphatic heterocycles. The minimum absolute atomic E-state index is 0. The molecule has 3 aliphatic rings. The third-order valence-corrected chi connectivity index (χ3v) is 4.49. The molecule has 3 saturated heterocycles. The molecule has 3 heterocycles. The molecule has 0 saturated carbocycles. The summed E-state index contributed by atoms with van der Waals surface area (Å²) < 4.78 is 9.69. The molecule has 152 valence electrons. The van der Waals surface area contributed by atoms with Gasteiger partial charge in [-0.2, -0.15) is 5.06 Å². The summed E-state index contributed by atoms with van der Waals surface area (Å²) in [5, 5.41) is 16.3. The number of nitrogens with zero attached hydrogens (tertiary/aromatic N) is 1. The summed E-state index contributed by atoms with van der Waals surface area (Å²) in [6, 6.07) is -1.37. The van der Waals surface area contributed by atoms with E-state index in [2.05, 4.69) is 10.6 Å². The first-order valence-electron chi connectivity index (χ1n) is 8.31. The summed E-state index contributed by atoms with van der Waals surface area (Å²) in [4.78, 5) is 75.9. The first kappa shape index (κ1) is 23.1. The smallest absolute Gasteiger partial charge is 0.544 e. The number of carbonyl (C=O) groups excluding carboxylic acids is 6. The topological polar surface area (TPSA) is 180 Å². The summed E-state index contributed by atoms with van der Waals surface area (Å²) >= 11 is 0. The molecule has 2 N–H and O–H groups in total. The summed E-state index contributed by atoms with van der Waals surface area (Å²) in [6.07, 6.45) is -0.921. The van der Waals surface area contributed by atoms with E-state index in [1.807, 2.05) is 0 Å². The number of nitrogens with one attached hydrogen (secondary N) is 2. The van der Waals surface area contributed by atoms with E-state index in [1.165, 1.54) is 0 Å². The first-order chi connectivity index (χ1) is 13.1. The molecule has 0 spiro atoms. The first-order valence-corrected chi connectivity index (χ1v) is 8.31. The number of carboxylic acids is 1. The van der Waals surface area contributed by atoms with Gasteiger partial charge in [0.05, 0.1) is 12.8 Å². The zero-order chi connectivity index (χ0) is 20.7. The minimum Gasteiger partial charge on any atom is -0.544 e. The van der Waals surface area contributed by atoms with Crippen LogP contribution in [0, 0.1) is 0 Å². The van der Waals surface area contributed by atoms with Gasteiger partial charge in [-0.1, -0.05) is 0 Å². The van der Waals surface area contributed by atoms with Crippen molar-refractivity contribution >= 4 is 35.6 Å². The zero-order valence-corrected chi connectivity index (χ0v) is 17.6. The Morgan fingerprint density at radius 3 is 2.21 bits per heavy atom. The number of hydroxylamine groups is 2. The predicted molar refractivity (Wildman–Crippen MR) is 79.7 cm³/mol. The zero-order valence-electron chi connectivity index (χ0n) is 15.6. The van der Waals surface area contributed by atoms with E-state index < -0.39 is 59.7 Å². The van der Waals surface area contributed by atoms with Crippen molar-refractivity contribution in [2.24, 2.45) is 0 Å². The number of ether oxygens (including phenoxy) is 2. The van der Waals surface area contributed by atoms with Crippen molar-refractivity contribution in [3.63, 3.8) is 0 Å². The fourth-order valence-electron chi connectivity index (χ4n) is 3.18. The van der Waals surface area contributed by atoms with Crippen LogP contribution in [0.25, 0.3) is 0 Å². The number of cyclic esters (lactones) is 2. The number of amides is 3. The number of carbonyl (C=O) groups is 6. The van der Waals surface area contributed by atoms with E-state index >= 15 is 0 Å². The normalized spacial score (nSPS) is 31.0. The van der Waals surface area contributed by atoms with Crippen LogP contribution in [-0.2, 0) is 43.1 Å². The largest absolute Gasteiger partial charge is 1.00 e. The van der Waals surface area contributed by atoms with Gasteiger partial charge in [-0.25, -0.2) is 0 Å². The Bertz CT molecular complexity index is 788. The standard InChI is InChI=1S/C15H17N3O10.Na/c1-7(19)17-14(4-2-9(20)27-14)12(23)16-8-6-26-18(11(8)22)15(13(24)25)5-3-10(21)28-15;/h8H,2-6H2,1H3,(H,16,23)(H,17,19)(H,24,25);/q;+1/p-1/t8-,14?,15?;/m0./s1. The molecular weight excluding hydrogens is 405 g/mol. The summed E-state index contributed by atoms with van der Waals surface area (Å²) in [7, 11) is 0. The van der Waals surface area contributed by atoms with Crippen molar-refractivity contribution in [1.29, 1.82) is 0 Å². The van der Waals surface area contributed by atoms with E-state index in [0.717, 1.165) is 6.92 Å². The van der Waals surface area contributed by atoms with Crippen LogP contribution in [0.1, 0.15) is 32.6 Å². The van der Waals surface area contributed by atoms with Crippen molar-refractivity contribution < 1.29 is 77.7 Å². The quantitative estimate of drug-likeness (QED) is 0.320. The maximum atomic E-state index is 12.6. The van der Waals surface area contributed by atoms with Gasteiger partial charge in [-0.15, -0.1) is 0 Å². The Kier molecular flexibility index (Phi) is 6.57. The second-order valence-electron chi connectivity index (χ2n) is 6.48. The van der Waals surface area contributed by atoms with Gasteiger partial charge < -0.3 is 30.0 Å². The Hall–Kier alpha value is -2.22. The molecule has 2 unspecified atom stereocenters. The Labute approximate surface area is 185 Å². The molecule has 0 aromatic carbocycles. The van der Waals surface area contributed by atoms with Gasteiger partial charge in [0.25, 0.3) is 23.3 Å². The number of hydrogen-bond donors (Lipinski definition) is 2. The molecule has 3 rings (SSSR count). The van der Waals surface area contributed by atoms with Crippen LogP contribution in [0.2, 0.25) is 0 Å². The van der Waals surface area contributed by atoms with Crippen molar-refractivity contribution in [2.75, 3.05) is 6.61 Å². The average Bonchev–Trinajstić information content (AvgIpc) is 3.27.